The highest BCUT2D eigenvalue weighted by molar-refractivity contribution is 7.80. The van der Waals surface area contributed by atoms with Crippen molar-refractivity contribution in [2.24, 2.45) is 17.1 Å². The first-order valence-corrected chi connectivity index (χ1v) is 12.2. The highest BCUT2D eigenvalue weighted by Gasteiger charge is 2.51. The van der Waals surface area contributed by atoms with Crippen LogP contribution in [-0.4, -0.2) is 17.1 Å². The molecule has 3 fully saturated rings. The first-order chi connectivity index (χ1) is 13.9. The maximum atomic E-state index is 6.12. The first kappa shape index (κ1) is 21.1. The third kappa shape index (κ3) is 4.32. The quantitative estimate of drug-likeness (QED) is 0.469. The molecule has 1 aromatic rings. The number of benzene rings is 1. The molecule has 0 heterocycles. The number of fused-ring (bicyclic) bond motifs is 2. The van der Waals surface area contributed by atoms with Crippen LogP contribution in [0.5, 0.6) is 0 Å². The molecule has 0 radical (unpaired) electrons. The normalized spacial score (nSPS) is 38.6. The minimum Gasteiger partial charge on any atom is -0.376 e. The fourth-order valence-electron chi connectivity index (χ4n) is 6.50. The maximum absolute atomic E-state index is 6.12. The van der Waals surface area contributed by atoms with Crippen LogP contribution in [0.4, 0.5) is 0 Å². The Bertz CT molecular complexity index is 749. The molecule has 0 saturated heterocycles. The van der Waals surface area contributed by atoms with Gasteiger partial charge in [-0.2, -0.15) is 0 Å². The minimum atomic E-state index is 0.0703. The number of hydrogen-bond acceptors (Lipinski definition) is 2. The predicted octanol–water partition coefficient (Wildman–Crippen LogP) is 6.05. The molecule has 1 aromatic carbocycles. The SMILES string of the molecule is CC/C=C1\CCC2(c3ccccc3)CC1CC(C)(C(=S)NC1CCC(N)CC1)C2. The molecule has 3 aliphatic carbocycles. The van der Waals surface area contributed by atoms with Crippen molar-refractivity contribution in [3.63, 3.8) is 0 Å². The van der Waals surface area contributed by atoms with E-state index in [0.29, 0.717) is 18.0 Å². The molecule has 3 unspecified atom stereocenters. The zero-order valence-electron chi connectivity index (χ0n) is 18.3. The Kier molecular flexibility index (Phi) is 6.18. The summed E-state index contributed by atoms with van der Waals surface area (Å²) in [5.74, 6) is 0.669. The average Bonchev–Trinajstić information content (AvgIpc) is 2.72. The lowest BCUT2D eigenvalue weighted by Crippen LogP contribution is -2.53. The van der Waals surface area contributed by atoms with Crippen molar-refractivity contribution < 1.29 is 0 Å². The fraction of sp³-hybridized carbons (Fsp3) is 0.654. The average molecular weight is 411 g/mol. The molecule has 3 aliphatic rings. The summed E-state index contributed by atoms with van der Waals surface area (Å²) in [6.07, 6.45) is 14.4. The molecule has 29 heavy (non-hydrogen) atoms. The molecular formula is C26H38N2S. The van der Waals surface area contributed by atoms with Gasteiger partial charge in [0.25, 0.3) is 0 Å². The van der Waals surface area contributed by atoms with E-state index in [-0.39, 0.29) is 10.8 Å². The van der Waals surface area contributed by atoms with E-state index in [1.54, 1.807) is 5.57 Å². The number of nitrogens with two attached hydrogens (primary N) is 1. The molecule has 4 rings (SSSR count). The van der Waals surface area contributed by atoms with Crippen LogP contribution in [0.2, 0.25) is 0 Å². The topological polar surface area (TPSA) is 38.0 Å². The van der Waals surface area contributed by atoms with Gasteiger partial charge in [0.1, 0.15) is 0 Å². The lowest BCUT2D eigenvalue weighted by Gasteiger charge is -2.54. The van der Waals surface area contributed by atoms with Crippen LogP contribution < -0.4 is 11.1 Å². The van der Waals surface area contributed by atoms with Gasteiger partial charge in [-0.25, -0.2) is 0 Å². The van der Waals surface area contributed by atoms with Crippen LogP contribution in [-0.2, 0) is 5.41 Å². The number of thiocarbonyl (C=S) groups is 1. The number of allylic oxidation sites excluding steroid dienone is 2. The van der Waals surface area contributed by atoms with Gasteiger partial charge < -0.3 is 11.1 Å². The van der Waals surface area contributed by atoms with Gasteiger partial charge in [0, 0.05) is 17.5 Å². The van der Waals surface area contributed by atoms with Crippen LogP contribution in [0.25, 0.3) is 0 Å². The third-order valence-corrected chi connectivity index (χ3v) is 8.60. The van der Waals surface area contributed by atoms with Gasteiger partial charge in [-0.15, -0.1) is 0 Å². The fourth-order valence-corrected chi connectivity index (χ4v) is 6.82. The Labute approximate surface area is 182 Å². The Morgan fingerprint density at radius 3 is 2.59 bits per heavy atom. The number of nitrogens with one attached hydrogen (secondary N) is 1. The van der Waals surface area contributed by atoms with E-state index in [1.807, 2.05) is 0 Å². The molecular weight excluding hydrogens is 372 g/mol. The zero-order chi connectivity index (χ0) is 20.5. The zero-order valence-corrected chi connectivity index (χ0v) is 19.1. The lowest BCUT2D eigenvalue weighted by atomic mass is 9.51. The monoisotopic (exact) mass is 410 g/mol. The summed E-state index contributed by atoms with van der Waals surface area (Å²) in [7, 11) is 0. The summed E-state index contributed by atoms with van der Waals surface area (Å²) < 4.78 is 0. The lowest BCUT2D eigenvalue weighted by molar-refractivity contribution is 0.113. The highest BCUT2D eigenvalue weighted by atomic mass is 32.1. The van der Waals surface area contributed by atoms with E-state index in [1.165, 1.54) is 37.7 Å². The van der Waals surface area contributed by atoms with E-state index in [9.17, 15) is 0 Å². The van der Waals surface area contributed by atoms with Crippen molar-refractivity contribution in [1.82, 2.24) is 5.32 Å². The maximum Gasteiger partial charge on any atom is 0.0815 e. The van der Waals surface area contributed by atoms with Crippen LogP contribution in [0.1, 0.15) is 83.6 Å². The molecule has 3 saturated carbocycles. The van der Waals surface area contributed by atoms with Gasteiger partial charge in [-0.3, -0.25) is 0 Å². The molecule has 158 valence electrons. The van der Waals surface area contributed by atoms with E-state index in [2.05, 4.69) is 55.6 Å². The van der Waals surface area contributed by atoms with Crippen molar-refractivity contribution in [2.75, 3.05) is 0 Å². The van der Waals surface area contributed by atoms with Crippen molar-refractivity contribution in [3.05, 3.63) is 47.5 Å². The Balaban J connectivity index is 1.59. The highest BCUT2D eigenvalue weighted by Crippen LogP contribution is 2.58. The van der Waals surface area contributed by atoms with E-state index in [0.717, 1.165) is 37.1 Å². The van der Waals surface area contributed by atoms with Crippen LogP contribution >= 0.6 is 12.2 Å². The Hall–Kier alpha value is -1.19. The Morgan fingerprint density at radius 1 is 1.17 bits per heavy atom. The van der Waals surface area contributed by atoms with E-state index in [4.69, 9.17) is 18.0 Å². The van der Waals surface area contributed by atoms with Crippen LogP contribution in [0, 0.1) is 11.3 Å². The number of hydrogen-bond donors (Lipinski definition) is 2. The van der Waals surface area contributed by atoms with Crippen molar-refractivity contribution >= 4 is 17.2 Å². The Morgan fingerprint density at radius 2 is 1.90 bits per heavy atom. The van der Waals surface area contributed by atoms with Gasteiger partial charge in [-0.1, -0.05) is 68.0 Å². The van der Waals surface area contributed by atoms with Crippen molar-refractivity contribution in [2.45, 2.75) is 95.6 Å². The summed E-state index contributed by atoms with van der Waals surface area (Å²) in [5, 5.41) is 3.81. The van der Waals surface area contributed by atoms with Crippen LogP contribution in [0.15, 0.2) is 42.0 Å². The van der Waals surface area contributed by atoms with Gasteiger partial charge >= 0.3 is 0 Å². The smallest absolute Gasteiger partial charge is 0.0815 e. The van der Waals surface area contributed by atoms with Crippen LogP contribution in [0.3, 0.4) is 0 Å². The van der Waals surface area contributed by atoms with E-state index >= 15 is 0 Å². The molecule has 0 aromatic heterocycles. The first-order valence-electron chi connectivity index (χ1n) is 11.8. The van der Waals surface area contributed by atoms with Gasteiger partial charge in [0.05, 0.1) is 4.99 Å². The van der Waals surface area contributed by atoms with Gasteiger partial charge in [0.15, 0.2) is 0 Å². The molecule has 3 heteroatoms. The van der Waals surface area contributed by atoms with E-state index < -0.39 is 0 Å². The number of rotatable bonds is 4. The predicted molar refractivity (Wildman–Crippen MR) is 127 cm³/mol. The molecule has 3 atom stereocenters. The largest absolute Gasteiger partial charge is 0.376 e. The minimum absolute atomic E-state index is 0.0703. The summed E-state index contributed by atoms with van der Waals surface area (Å²) >= 11 is 6.12. The standard InChI is InChI=1S/C26H38N2S/c1-3-7-19-14-15-26(21-8-5-4-6-9-21)17-20(19)16-25(2,18-26)24(29)28-23-12-10-22(27)11-13-23/h4-9,20,22-23H,3,10-18,27H2,1-2H3,(H,28,29)/b19-7+. The summed E-state index contributed by atoms with van der Waals surface area (Å²) in [4.78, 5) is 1.11. The van der Waals surface area contributed by atoms with Gasteiger partial charge in [0.2, 0.25) is 0 Å². The second-order valence-corrected chi connectivity index (χ2v) is 10.7. The third-order valence-electron chi connectivity index (χ3n) is 7.99. The molecule has 3 N–H and O–H groups in total. The summed E-state index contributed by atoms with van der Waals surface area (Å²) in [6.45, 7) is 4.71. The molecule has 0 spiro atoms. The molecule has 2 bridgehead atoms. The second-order valence-electron chi connectivity index (χ2n) is 10.3. The molecule has 0 aliphatic heterocycles. The van der Waals surface area contributed by atoms with Gasteiger partial charge in [-0.05, 0) is 81.1 Å². The summed E-state index contributed by atoms with van der Waals surface area (Å²) in [5.41, 5.74) is 9.67. The summed E-state index contributed by atoms with van der Waals surface area (Å²) in [6, 6.07) is 12.2. The second kappa shape index (κ2) is 8.51. The van der Waals surface area contributed by atoms with Crippen molar-refractivity contribution in [1.29, 1.82) is 0 Å². The van der Waals surface area contributed by atoms with Crippen molar-refractivity contribution in [3.8, 4) is 0 Å². The molecule has 2 nitrogen and oxygen atoms in total. The molecule has 0 amide bonds.